The number of nitrogens with two attached hydrogens (primary N) is 1. The standard InChI is InChI=1S/C14H27N3O2.2ClH/c1-3-16-8-9-19-13(10-16)14(18)17-6-4-12(5-7-17)11(2)15;;/h11-13H,3-10,15H2,1-2H3;2*1H. The molecule has 2 unspecified atom stereocenters. The zero-order valence-corrected chi connectivity index (χ0v) is 14.6. The molecular formula is C14H29Cl2N3O2. The van der Waals surface area contributed by atoms with Crippen LogP contribution in [0.15, 0.2) is 0 Å². The molecule has 0 aliphatic carbocycles. The van der Waals surface area contributed by atoms with Crippen LogP contribution in [0, 0.1) is 5.92 Å². The third-order valence-electron chi connectivity index (χ3n) is 4.47. The molecule has 2 heterocycles. The number of hydrogen-bond acceptors (Lipinski definition) is 4. The summed E-state index contributed by atoms with van der Waals surface area (Å²) in [5.74, 6) is 0.727. The van der Waals surface area contributed by atoms with Gasteiger partial charge >= 0.3 is 0 Å². The van der Waals surface area contributed by atoms with Gasteiger partial charge in [0, 0.05) is 32.2 Å². The fourth-order valence-corrected chi connectivity index (χ4v) is 2.99. The van der Waals surface area contributed by atoms with Crippen molar-refractivity contribution < 1.29 is 9.53 Å². The topological polar surface area (TPSA) is 58.8 Å². The van der Waals surface area contributed by atoms with Crippen LogP contribution >= 0.6 is 24.8 Å². The van der Waals surface area contributed by atoms with Gasteiger partial charge in [-0.1, -0.05) is 6.92 Å². The number of rotatable bonds is 3. The predicted molar refractivity (Wildman–Crippen MR) is 89.3 cm³/mol. The van der Waals surface area contributed by atoms with Gasteiger partial charge in [-0.25, -0.2) is 0 Å². The average molecular weight is 342 g/mol. The molecule has 0 spiro atoms. The van der Waals surface area contributed by atoms with Crippen LogP contribution in [0.5, 0.6) is 0 Å². The summed E-state index contributed by atoms with van der Waals surface area (Å²) in [5.41, 5.74) is 5.93. The number of nitrogens with zero attached hydrogens (tertiary/aromatic N) is 2. The number of carbonyl (C=O) groups excluding carboxylic acids is 1. The van der Waals surface area contributed by atoms with Gasteiger partial charge in [0.2, 0.25) is 0 Å². The average Bonchev–Trinajstić information content (AvgIpc) is 2.46. The fraction of sp³-hybridized carbons (Fsp3) is 0.929. The number of halogens is 2. The van der Waals surface area contributed by atoms with Gasteiger partial charge in [0.15, 0.2) is 0 Å². The van der Waals surface area contributed by atoms with E-state index in [0.29, 0.717) is 12.5 Å². The smallest absolute Gasteiger partial charge is 0.253 e. The molecule has 0 radical (unpaired) electrons. The van der Waals surface area contributed by atoms with Crippen molar-refractivity contribution in [3.8, 4) is 0 Å². The number of carbonyl (C=O) groups is 1. The lowest BCUT2D eigenvalue weighted by Gasteiger charge is -2.38. The molecule has 126 valence electrons. The van der Waals surface area contributed by atoms with E-state index in [1.807, 2.05) is 4.90 Å². The molecule has 5 nitrogen and oxygen atoms in total. The Kier molecular flexibility index (Phi) is 9.81. The molecule has 1 amide bonds. The van der Waals surface area contributed by atoms with E-state index in [1.54, 1.807) is 0 Å². The Morgan fingerprint density at radius 3 is 2.43 bits per heavy atom. The zero-order chi connectivity index (χ0) is 13.8. The van der Waals surface area contributed by atoms with Gasteiger partial charge < -0.3 is 15.4 Å². The van der Waals surface area contributed by atoms with Crippen molar-refractivity contribution in [1.82, 2.24) is 9.80 Å². The fourth-order valence-electron chi connectivity index (χ4n) is 2.99. The van der Waals surface area contributed by atoms with Crippen LogP contribution in [0.1, 0.15) is 26.7 Å². The first-order valence-corrected chi connectivity index (χ1v) is 7.50. The van der Waals surface area contributed by atoms with Crippen molar-refractivity contribution >= 4 is 30.7 Å². The van der Waals surface area contributed by atoms with Gasteiger partial charge in [0.25, 0.3) is 5.91 Å². The first kappa shape index (κ1) is 20.9. The van der Waals surface area contributed by atoms with E-state index in [-0.39, 0.29) is 42.9 Å². The summed E-state index contributed by atoms with van der Waals surface area (Å²) in [6.07, 6.45) is 1.78. The van der Waals surface area contributed by atoms with Gasteiger partial charge in [-0.3, -0.25) is 9.69 Å². The van der Waals surface area contributed by atoms with E-state index >= 15 is 0 Å². The third kappa shape index (κ3) is 5.57. The summed E-state index contributed by atoms with van der Waals surface area (Å²) in [4.78, 5) is 16.7. The lowest BCUT2D eigenvalue weighted by Crippen LogP contribution is -2.53. The van der Waals surface area contributed by atoms with Crippen LogP contribution in [0.25, 0.3) is 0 Å². The summed E-state index contributed by atoms with van der Waals surface area (Å²) in [6.45, 7) is 9.18. The maximum absolute atomic E-state index is 12.4. The van der Waals surface area contributed by atoms with Crippen LogP contribution in [-0.4, -0.2) is 67.2 Å². The van der Waals surface area contributed by atoms with Crippen molar-refractivity contribution in [1.29, 1.82) is 0 Å². The summed E-state index contributed by atoms with van der Waals surface area (Å²) in [7, 11) is 0. The molecule has 21 heavy (non-hydrogen) atoms. The highest BCUT2D eigenvalue weighted by Gasteiger charge is 2.32. The molecule has 2 rings (SSSR count). The lowest BCUT2D eigenvalue weighted by molar-refractivity contribution is -0.150. The quantitative estimate of drug-likeness (QED) is 0.836. The number of piperidine rings is 1. The Morgan fingerprint density at radius 2 is 1.90 bits per heavy atom. The molecule has 0 aromatic carbocycles. The number of likely N-dealkylation sites (tertiary alicyclic amines) is 1. The molecule has 2 aliphatic heterocycles. The number of hydrogen-bond donors (Lipinski definition) is 1. The van der Waals surface area contributed by atoms with Gasteiger partial charge in [-0.05, 0) is 32.2 Å². The minimum Gasteiger partial charge on any atom is -0.366 e. The number of amides is 1. The number of morpholine rings is 1. The summed E-state index contributed by atoms with van der Waals surface area (Å²) >= 11 is 0. The molecular weight excluding hydrogens is 313 g/mol. The molecule has 2 saturated heterocycles. The largest absolute Gasteiger partial charge is 0.366 e. The molecule has 0 aromatic rings. The maximum Gasteiger partial charge on any atom is 0.253 e. The minimum atomic E-state index is -0.263. The van der Waals surface area contributed by atoms with Crippen molar-refractivity contribution in [3.05, 3.63) is 0 Å². The SMILES string of the molecule is CCN1CCOC(C(=O)N2CCC(C(C)N)CC2)C1.Cl.Cl. The van der Waals surface area contributed by atoms with Crippen molar-refractivity contribution in [2.24, 2.45) is 11.7 Å². The second kappa shape index (κ2) is 9.85. The van der Waals surface area contributed by atoms with Crippen LogP contribution in [0.2, 0.25) is 0 Å². The molecule has 0 saturated carbocycles. The van der Waals surface area contributed by atoms with Crippen molar-refractivity contribution in [2.45, 2.75) is 38.8 Å². The predicted octanol–water partition coefficient (Wildman–Crippen LogP) is 1.14. The molecule has 2 N–H and O–H groups in total. The highest BCUT2D eigenvalue weighted by atomic mass is 35.5. The number of ether oxygens (including phenoxy) is 1. The van der Waals surface area contributed by atoms with E-state index in [2.05, 4.69) is 18.7 Å². The first-order valence-electron chi connectivity index (χ1n) is 7.50. The van der Waals surface area contributed by atoms with E-state index in [9.17, 15) is 4.79 Å². The molecule has 2 aliphatic rings. The Morgan fingerprint density at radius 1 is 1.29 bits per heavy atom. The van der Waals surface area contributed by atoms with Gasteiger partial charge in [0.1, 0.15) is 6.10 Å². The Hall–Kier alpha value is -0.0700. The van der Waals surface area contributed by atoms with Crippen LogP contribution in [0.4, 0.5) is 0 Å². The van der Waals surface area contributed by atoms with Crippen LogP contribution in [-0.2, 0) is 9.53 Å². The van der Waals surface area contributed by atoms with Crippen molar-refractivity contribution in [3.63, 3.8) is 0 Å². The van der Waals surface area contributed by atoms with Crippen LogP contribution in [0.3, 0.4) is 0 Å². The highest BCUT2D eigenvalue weighted by molar-refractivity contribution is 5.85. The van der Waals surface area contributed by atoms with E-state index < -0.39 is 0 Å². The Labute approximate surface area is 140 Å². The highest BCUT2D eigenvalue weighted by Crippen LogP contribution is 2.21. The molecule has 0 aromatic heterocycles. The lowest BCUT2D eigenvalue weighted by atomic mass is 9.91. The van der Waals surface area contributed by atoms with Gasteiger partial charge in [-0.2, -0.15) is 0 Å². The van der Waals surface area contributed by atoms with E-state index in [1.165, 1.54) is 0 Å². The second-order valence-corrected chi connectivity index (χ2v) is 5.77. The van der Waals surface area contributed by atoms with Crippen molar-refractivity contribution in [2.75, 3.05) is 39.3 Å². The zero-order valence-electron chi connectivity index (χ0n) is 13.0. The first-order chi connectivity index (χ1) is 9.11. The second-order valence-electron chi connectivity index (χ2n) is 5.77. The maximum atomic E-state index is 12.4. The van der Waals surface area contributed by atoms with E-state index in [4.69, 9.17) is 10.5 Å². The normalized spacial score (nSPS) is 25.7. The molecule has 7 heteroatoms. The molecule has 0 bridgehead atoms. The summed E-state index contributed by atoms with van der Waals surface area (Å²) in [5, 5.41) is 0. The summed E-state index contributed by atoms with van der Waals surface area (Å²) in [6, 6.07) is 0.235. The molecule has 2 atom stereocenters. The third-order valence-corrected chi connectivity index (χ3v) is 4.47. The summed E-state index contributed by atoms with van der Waals surface area (Å²) < 4.78 is 5.64. The minimum absolute atomic E-state index is 0. The van der Waals surface area contributed by atoms with Gasteiger partial charge in [0.05, 0.1) is 6.61 Å². The van der Waals surface area contributed by atoms with E-state index in [0.717, 1.165) is 45.6 Å². The Balaban J connectivity index is 0.00000200. The monoisotopic (exact) mass is 341 g/mol. The molecule has 2 fully saturated rings. The van der Waals surface area contributed by atoms with Gasteiger partial charge in [-0.15, -0.1) is 24.8 Å². The van der Waals surface area contributed by atoms with Crippen LogP contribution < -0.4 is 5.73 Å². The number of likely N-dealkylation sites (N-methyl/N-ethyl adjacent to an activating group) is 1. The Bertz CT molecular complexity index is 311.